The SMILES string of the molecule is C=COCOC(C)(O)COCC(COCC(O)COCOc1ccc(-[n+]2ccccc2)cc1)OCC(C)(O)OCOC=C. The molecule has 2 rings (SSSR count). The summed E-state index contributed by atoms with van der Waals surface area (Å²) >= 11 is 0. The van der Waals surface area contributed by atoms with Crippen LogP contribution in [0, 0.1) is 0 Å². The van der Waals surface area contributed by atoms with Gasteiger partial charge in [-0.05, 0) is 26.0 Å². The van der Waals surface area contributed by atoms with Crippen LogP contribution in [0.1, 0.15) is 13.8 Å². The number of rotatable bonds is 25. The number of aliphatic hydroxyl groups excluding tert-OH is 1. The third kappa shape index (κ3) is 16.4. The molecular weight excluding hydrogens is 566 g/mol. The normalized spacial score (nSPS) is 15.5. The van der Waals surface area contributed by atoms with Crippen LogP contribution in [0.2, 0.25) is 0 Å². The first kappa shape index (κ1) is 36.1. The fourth-order valence-electron chi connectivity index (χ4n) is 3.26. The summed E-state index contributed by atoms with van der Waals surface area (Å²) in [5.74, 6) is -2.69. The van der Waals surface area contributed by atoms with Crippen LogP contribution in [0.15, 0.2) is 80.5 Å². The quantitative estimate of drug-likeness (QED) is 0.0652. The molecule has 0 fully saturated rings. The van der Waals surface area contributed by atoms with E-state index in [2.05, 4.69) is 13.2 Å². The van der Waals surface area contributed by atoms with Gasteiger partial charge in [0.15, 0.2) is 44.3 Å². The first-order valence-corrected chi connectivity index (χ1v) is 13.5. The molecule has 1 aromatic carbocycles. The molecule has 240 valence electrons. The zero-order valence-corrected chi connectivity index (χ0v) is 24.7. The summed E-state index contributed by atoms with van der Waals surface area (Å²) in [5, 5.41) is 30.9. The molecule has 43 heavy (non-hydrogen) atoms. The summed E-state index contributed by atoms with van der Waals surface area (Å²) in [5.41, 5.74) is 0.990. The van der Waals surface area contributed by atoms with Crippen molar-refractivity contribution in [2.75, 3.05) is 60.0 Å². The van der Waals surface area contributed by atoms with E-state index in [1.165, 1.54) is 26.4 Å². The molecule has 0 amide bonds. The third-order valence-corrected chi connectivity index (χ3v) is 5.46. The summed E-state index contributed by atoms with van der Waals surface area (Å²) in [6.07, 6.45) is 4.62. The first-order valence-electron chi connectivity index (χ1n) is 13.5. The van der Waals surface area contributed by atoms with E-state index < -0.39 is 23.8 Å². The molecular formula is C30H44NO12+. The zero-order valence-electron chi connectivity index (χ0n) is 24.7. The van der Waals surface area contributed by atoms with Crippen molar-refractivity contribution >= 4 is 0 Å². The monoisotopic (exact) mass is 610 g/mol. The Hall–Kier alpha value is -3.11. The van der Waals surface area contributed by atoms with E-state index in [0.29, 0.717) is 5.75 Å². The fourth-order valence-corrected chi connectivity index (χ4v) is 3.26. The van der Waals surface area contributed by atoms with Gasteiger partial charge in [-0.15, -0.1) is 0 Å². The van der Waals surface area contributed by atoms with Gasteiger partial charge >= 0.3 is 0 Å². The summed E-state index contributed by atoms with van der Waals surface area (Å²) in [4.78, 5) is 0. The largest absolute Gasteiger partial charge is 0.476 e. The maximum absolute atomic E-state index is 10.4. The van der Waals surface area contributed by atoms with Gasteiger partial charge in [-0.25, -0.2) is 0 Å². The average molecular weight is 611 g/mol. The Balaban J connectivity index is 1.73. The zero-order chi connectivity index (χ0) is 31.4. The highest BCUT2D eigenvalue weighted by atomic mass is 16.7. The van der Waals surface area contributed by atoms with Crippen molar-refractivity contribution in [3.05, 3.63) is 80.5 Å². The van der Waals surface area contributed by atoms with Crippen LogP contribution in [0.4, 0.5) is 0 Å². The molecule has 0 saturated carbocycles. The topological polar surface area (TPSA) is 148 Å². The summed E-state index contributed by atoms with van der Waals surface area (Å²) in [6, 6.07) is 13.3. The van der Waals surface area contributed by atoms with Crippen LogP contribution >= 0.6 is 0 Å². The highest BCUT2D eigenvalue weighted by Crippen LogP contribution is 2.13. The minimum atomic E-state index is -1.67. The predicted octanol–water partition coefficient (Wildman–Crippen LogP) is 1.78. The first-order chi connectivity index (χ1) is 20.6. The summed E-state index contributed by atoms with van der Waals surface area (Å²) in [7, 11) is 0. The standard InChI is InChI=1S/C30H44NO12/c1-5-35-23-42-29(3,33)20-38-19-28(40-21-30(4,34)43-24-36-6-2)18-37-16-26(32)17-39-22-41-27-12-10-25(11-13-27)31-14-8-7-9-15-31/h5-15,26,28,32-34H,1-2,16-24H2,3-4H3/q+1. The van der Waals surface area contributed by atoms with Crippen LogP contribution in [0.3, 0.4) is 0 Å². The molecule has 1 heterocycles. The molecule has 0 aliphatic rings. The number of aliphatic hydroxyl groups is 3. The molecule has 0 radical (unpaired) electrons. The lowest BCUT2D eigenvalue weighted by molar-refractivity contribution is -0.595. The van der Waals surface area contributed by atoms with Gasteiger partial charge in [-0.3, -0.25) is 0 Å². The van der Waals surface area contributed by atoms with Gasteiger partial charge in [0.05, 0.1) is 39.0 Å². The van der Waals surface area contributed by atoms with E-state index in [1.54, 1.807) is 0 Å². The highest BCUT2D eigenvalue weighted by molar-refractivity contribution is 5.31. The lowest BCUT2D eigenvalue weighted by atomic mass is 10.3. The van der Waals surface area contributed by atoms with Crippen LogP contribution in [0.5, 0.6) is 5.75 Å². The van der Waals surface area contributed by atoms with Crippen molar-refractivity contribution in [2.45, 2.75) is 37.6 Å². The van der Waals surface area contributed by atoms with Crippen molar-refractivity contribution in [3.8, 4) is 11.4 Å². The lowest BCUT2D eigenvalue weighted by Crippen LogP contribution is -2.40. The third-order valence-electron chi connectivity index (χ3n) is 5.46. The summed E-state index contributed by atoms with van der Waals surface area (Å²) in [6.45, 7) is 8.50. The Morgan fingerprint density at radius 3 is 1.98 bits per heavy atom. The molecule has 13 heteroatoms. The second kappa shape index (κ2) is 20.0. The minimum absolute atomic E-state index is 0.0128. The van der Waals surface area contributed by atoms with E-state index in [1.807, 2.05) is 59.4 Å². The molecule has 3 N–H and O–H groups in total. The predicted molar refractivity (Wildman–Crippen MR) is 153 cm³/mol. The van der Waals surface area contributed by atoms with Crippen molar-refractivity contribution in [1.29, 1.82) is 0 Å². The molecule has 2 aromatic rings. The molecule has 0 bridgehead atoms. The summed E-state index contributed by atoms with van der Waals surface area (Å²) < 4.78 is 49.9. The van der Waals surface area contributed by atoms with Crippen molar-refractivity contribution in [2.24, 2.45) is 0 Å². The van der Waals surface area contributed by atoms with Crippen molar-refractivity contribution in [3.63, 3.8) is 0 Å². The Morgan fingerprint density at radius 2 is 1.35 bits per heavy atom. The molecule has 0 spiro atoms. The van der Waals surface area contributed by atoms with Gasteiger partial charge in [-0.2, -0.15) is 4.57 Å². The van der Waals surface area contributed by atoms with E-state index in [0.717, 1.165) is 5.69 Å². The van der Waals surface area contributed by atoms with E-state index in [9.17, 15) is 15.3 Å². The maximum Gasteiger partial charge on any atom is 0.210 e. The van der Waals surface area contributed by atoms with E-state index >= 15 is 0 Å². The molecule has 0 aliphatic carbocycles. The Morgan fingerprint density at radius 1 is 0.767 bits per heavy atom. The average Bonchev–Trinajstić information content (AvgIpc) is 2.99. The molecule has 0 aliphatic heterocycles. The Kier molecular flexibility index (Phi) is 16.7. The second-order valence-corrected chi connectivity index (χ2v) is 9.59. The van der Waals surface area contributed by atoms with Gasteiger partial charge in [0.1, 0.15) is 31.2 Å². The van der Waals surface area contributed by atoms with Gasteiger partial charge in [0.25, 0.3) is 0 Å². The van der Waals surface area contributed by atoms with Crippen LogP contribution in [-0.2, 0) is 37.9 Å². The number of benzene rings is 1. The number of pyridine rings is 1. The van der Waals surface area contributed by atoms with Crippen LogP contribution < -0.4 is 9.30 Å². The second-order valence-electron chi connectivity index (χ2n) is 9.59. The number of hydrogen-bond acceptors (Lipinski definition) is 12. The highest BCUT2D eigenvalue weighted by Gasteiger charge is 2.26. The maximum atomic E-state index is 10.4. The molecule has 4 atom stereocenters. The van der Waals surface area contributed by atoms with Gasteiger partial charge in [0, 0.05) is 24.3 Å². The number of aromatic nitrogens is 1. The van der Waals surface area contributed by atoms with Crippen molar-refractivity contribution < 1.29 is 62.5 Å². The van der Waals surface area contributed by atoms with Gasteiger partial charge in [-0.1, -0.05) is 19.2 Å². The molecule has 4 unspecified atom stereocenters. The van der Waals surface area contributed by atoms with Crippen LogP contribution in [-0.4, -0.2) is 99.1 Å². The van der Waals surface area contributed by atoms with E-state index in [-0.39, 0.29) is 60.0 Å². The Labute approximate surface area is 252 Å². The lowest BCUT2D eigenvalue weighted by Gasteiger charge is -2.28. The van der Waals surface area contributed by atoms with Gasteiger partial charge in [0.2, 0.25) is 5.69 Å². The fraction of sp³-hybridized carbons (Fsp3) is 0.500. The van der Waals surface area contributed by atoms with Crippen LogP contribution in [0.25, 0.3) is 5.69 Å². The molecule has 1 aromatic heterocycles. The van der Waals surface area contributed by atoms with E-state index in [4.69, 9.17) is 42.6 Å². The minimum Gasteiger partial charge on any atom is -0.476 e. The van der Waals surface area contributed by atoms with Crippen molar-refractivity contribution in [1.82, 2.24) is 0 Å². The number of ether oxygens (including phenoxy) is 9. The smallest absolute Gasteiger partial charge is 0.210 e. The number of hydrogen-bond donors (Lipinski definition) is 3. The molecule has 13 nitrogen and oxygen atoms in total. The van der Waals surface area contributed by atoms with Gasteiger partial charge < -0.3 is 58.0 Å². The Bertz CT molecular complexity index is 1020. The number of nitrogens with zero attached hydrogens (tertiary/aromatic N) is 1. The molecule has 0 saturated heterocycles.